The van der Waals surface area contributed by atoms with E-state index in [1.807, 2.05) is 35.7 Å². The molecule has 2 aromatic heterocycles. The van der Waals surface area contributed by atoms with Gasteiger partial charge in [-0.15, -0.1) is 34.5 Å². The Kier molecular flexibility index (Phi) is 4.10. The van der Waals surface area contributed by atoms with E-state index in [4.69, 9.17) is 27.9 Å². The van der Waals surface area contributed by atoms with Gasteiger partial charge in [-0.25, -0.2) is 4.98 Å². The van der Waals surface area contributed by atoms with Crippen LogP contribution in [0.2, 0.25) is 0 Å². The van der Waals surface area contributed by atoms with Crippen molar-refractivity contribution < 1.29 is 9.53 Å². The fraction of sp³-hybridized carbons (Fsp3) is 0.278. The first-order valence-corrected chi connectivity index (χ1v) is 9.56. The largest absolute Gasteiger partial charge is 0.457 e. The van der Waals surface area contributed by atoms with E-state index in [0.29, 0.717) is 16.6 Å². The Hall–Kier alpha value is -1.89. The van der Waals surface area contributed by atoms with Crippen LogP contribution in [0.4, 0.5) is 0 Å². The standard InChI is InChI=1S/C18H14Cl2N2O3S/c1-17(9-18(17,19)20)16(24)25-7-12-21-14(23)13-11(8-26-15(13)22-12)10-5-3-2-4-6-10/h2-6,8H,7,9H2,1H3,(H,21,22,23)/t17-/m0/s1. The zero-order valence-electron chi connectivity index (χ0n) is 13.7. The number of hydrogen-bond donors (Lipinski definition) is 1. The van der Waals surface area contributed by atoms with Crippen molar-refractivity contribution >= 4 is 50.7 Å². The van der Waals surface area contributed by atoms with E-state index in [0.717, 1.165) is 11.1 Å². The molecule has 0 unspecified atom stereocenters. The number of rotatable bonds is 4. The average molecular weight is 409 g/mol. The van der Waals surface area contributed by atoms with Gasteiger partial charge >= 0.3 is 5.97 Å². The lowest BCUT2D eigenvalue weighted by molar-refractivity contribution is -0.151. The number of ether oxygens (including phenoxy) is 1. The first kappa shape index (κ1) is 17.5. The molecule has 3 aromatic rings. The number of aromatic amines is 1. The third-order valence-electron chi connectivity index (χ3n) is 4.63. The maximum atomic E-state index is 12.5. The molecule has 134 valence electrons. The number of alkyl halides is 2. The van der Waals surface area contributed by atoms with E-state index in [1.54, 1.807) is 6.92 Å². The van der Waals surface area contributed by atoms with E-state index in [9.17, 15) is 9.59 Å². The number of hydrogen-bond acceptors (Lipinski definition) is 5. The van der Waals surface area contributed by atoms with Crippen molar-refractivity contribution in [2.75, 3.05) is 0 Å². The van der Waals surface area contributed by atoms with Crippen molar-refractivity contribution in [1.82, 2.24) is 9.97 Å². The predicted molar refractivity (Wildman–Crippen MR) is 103 cm³/mol. The van der Waals surface area contributed by atoms with Crippen LogP contribution in [0.5, 0.6) is 0 Å². The number of benzene rings is 1. The molecule has 1 fully saturated rings. The maximum Gasteiger partial charge on any atom is 0.315 e. The van der Waals surface area contributed by atoms with Crippen LogP contribution in [0, 0.1) is 5.41 Å². The van der Waals surface area contributed by atoms with Crippen LogP contribution in [-0.4, -0.2) is 20.3 Å². The van der Waals surface area contributed by atoms with Crippen molar-refractivity contribution in [3.05, 3.63) is 51.9 Å². The topological polar surface area (TPSA) is 72.0 Å². The molecule has 1 N–H and O–H groups in total. The van der Waals surface area contributed by atoms with Crippen LogP contribution in [0.25, 0.3) is 21.3 Å². The van der Waals surface area contributed by atoms with Crippen LogP contribution in [0.1, 0.15) is 19.2 Å². The fourth-order valence-corrected chi connectivity index (χ4v) is 4.46. The second-order valence-corrected chi connectivity index (χ2v) is 8.84. The van der Waals surface area contributed by atoms with E-state index >= 15 is 0 Å². The molecule has 0 bridgehead atoms. The number of carbonyl (C=O) groups is 1. The molecular formula is C18H14Cl2N2O3S. The Morgan fingerprint density at radius 2 is 2.04 bits per heavy atom. The molecule has 4 rings (SSSR count). The molecule has 1 aromatic carbocycles. The predicted octanol–water partition coefficient (Wildman–Crippen LogP) is 4.28. The Bertz CT molecular complexity index is 1060. The summed E-state index contributed by atoms with van der Waals surface area (Å²) in [5, 5.41) is 2.43. The molecular weight excluding hydrogens is 395 g/mol. The number of H-pyrrole nitrogens is 1. The Labute approximate surface area is 162 Å². The van der Waals surface area contributed by atoms with Crippen molar-refractivity contribution in [2.45, 2.75) is 24.3 Å². The number of thiophene rings is 1. The van der Waals surface area contributed by atoms with E-state index in [-0.39, 0.29) is 18.0 Å². The fourth-order valence-electron chi connectivity index (χ4n) is 2.81. The maximum absolute atomic E-state index is 12.5. The molecule has 2 heterocycles. The van der Waals surface area contributed by atoms with Gasteiger partial charge in [-0.1, -0.05) is 30.3 Å². The molecule has 0 aliphatic heterocycles. The third kappa shape index (κ3) is 2.82. The van der Waals surface area contributed by atoms with Gasteiger partial charge in [-0.3, -0.25) is 9.59 Å². The SMILES string of the molecule is C[C@@]1(C(=O)OCc2nc3scc(-c4ccccc4)c3c(=O)[nH]2)CC1(Cl)Cl. The smallest absolute Gasteiger partial charge is 0.315 e. The second kappa shape index (κ2) is 6.08. The minimum Gasteiger partial charge on any atom is -0.457 e. The first-order chi connectivity index (χ1) is 12.3. The zero-order chi connectivity index (χ0) is 18.5. The third-order valence-corrected chi connectivity index (χ3v) is 6.60. The highest BCUT2D eigenvalue weighted by Gasteiger charge is 2.69. The summed E-state index contributed by atoms with van der Waals surface area (Å²) in [5.74, 6) is -0.210. The minimum absolute atomic E-state index is 0.137. The number of carbonyl (C=O) groups excluding carboxylic acids is 1. The summed E-state index contributed by atoms with van der Waals surface area (Å²) < 4.78 is 4.16. The number of nitrogens with one attached hydrogen (secondary N) is 1. The summed E-state index contributed by atoms with van der Waals surface area (Å²) in [6.07, 6.45) is 0.344. The van der Waals surface area contributed by atoms with Gasteiger partial charge in [0.15, 0.2) is 0 Å². The summed E-state index contributed by atoms with van der Waals surface area (Å²) in [4.78, 5) is 32.4. The van der Waals surface area contributed by atoms with E-state index in [1.165, 1.54) is 11.3 Å². The van der Waals surface area contributed by atoms with Crippen molar-refractivity contribution in [3.8, 4) is 11.1 Å². The Balaban J connectivity index is 1.59. The Morgan fingerprint density at radius 3 is 2.69 bits per heavy atom. The highest BCUT2D eigenvalue weighted by molar-refractivity contribution is 7.17. The van der Waals surface area contributed by atoms with Crippen LogP contribution in [0.3, 0.4) is 0 Å². The van der Waals surface area contributed by atoms with Gasteiger partial charge in [0.2, 0.25) is 0 Å². The quantitative estimate of drug-likeness (QED) is 0.516. The molecule has 5 nitrogen and oxygen atoms in total. The highest BCUT2D eigenvalue weighted by Crippen LogP contribution is 2.64. The molecule has 1 aliphatic carbocycles. The second-order valence-electron chi connectivity index (χ2n) is 6.50. The lowest BCUT2D eigenvalue weighted by Gasteiger charge is -2.11. The normalized spacial score (nSPS) is 20.9. The van der Waals surface area contributed by atoms with Gasteiger partial charge in [0.25, 0.3) is 5.56 Å². The monoisotopic (exact) mass is 408 g/mol. The van der Waals surface area contributed by atoms with Crippen LogP contribution in [0.15, 0.2) is 40.5 Å². The lowest BCUT2D eigenvalue weighted by Crippen LogP contribution is -2.22. The number of nitrogens with zero attached hydrogens (tertiary/aromatic N) is 1. The van der Waals surface area contributed by atoms with Crippen molar-refractivity contribution in [2.24, 2.45) is 5.41 Å². The van der Waals surface area contributed by atoms with Crippen molar-refractivity contribution in [3.63, 3.8) is 0 Å². The van der Waals surface area contributed by atoms with Crippen LogP contribution < -0.4 is 5.56 Å². The van der Waals surface area contributed by atoms with Gasteiger partial charge in [0.1, 0.15) is 27.0 Å². The number of aromatic nitrogens is 2. The molecule has 0 radical (unpaired) electrons. The first-order valence-electron chi connectivity index (χ1n) is 7.93. The number of fused-ring (bicyclic) bond motifs is 1. The molecule has 1 saturated carbocycles. The average Bonchev–Trinajstić information content (AvgIpc) is 2.95. The van der Waals surface area contributed by atoms with Gasteiger partial charge in [0.05, 0.1) is 5.39 Å². The van der Waals surface area contributed by atoms with Gasteiger partial charge in [-0.05, 0) is 12.5 Å². The molecule has 0 amide bonds. The molecule has 26 heavy (non-hydrogen) atoms. The molecule has 0 spiro atoms. The number of halogens is 2. The minimum atomic E-state index is -1.09. The lowest BCUT2D eigenvalue weighted by atomic mass is 10.1. The molecule has 0 saturated heterocycles. The van der Waals surface area contributed by atoms with Crippen molar-refractivity contribution in [1.29, 1.82) is 0 Å². The molecule has 8 heteroatoms. The van der Waals surface area contributed by atoms with Gasteiger partial charge in [0, 0.05) is 17.4 Å². The van der Waals surface area contributed by atoms with E-state index < -0.39 is 15.7 Å². The zero-order valence-corrected chi connectivity index (χ0v) is 16.0. The molecule has 1 aliphatic rings. The summed E-state index contributed by atoms with van der Waals surface area (Å²) in [5.41, 5.74) is 0.613. The summed E-state index contributed by atoms with van der Waals surface area (Å²) in [7, 11) is 0. The van der Waals surface area contributed by atoms with Gasteiger partial charge in [-0.2, -0.15) is 0 Å². The summed E-state index contributed by atoms with van der Waals surface area (Å²) in [6, 6.07) is 9.64. The Morgan fingerprint density at radius 1 is 1.35 bits per heavy atom. The molecule has 1 atom stereocenters. The van der Waals surface area contributed by atoms with Crippen LogP contribution >= 0.6 is 34.5 Å². The van der Waals surface area contributed by atoms with E-state index in [2.05, 4.69) is 9.97 Å². The highest BCUT2D eigenvalue weighted by atomic mass is 35.5. The van der Waals surface area contributed by atoms with Gasteiger partial charge < -0.3 is 9.72 Å². The number of esters is 1. The summed E-state index contributed by atoms with van der Waals surface area (Å²) >= 11 is 13.3. The van der Waals surface area contributed by atoms with Crippen LogP contribution in [-0.2, 0) is 16.1 Å². The summed E-state index contributed by atoms with van der Waals surface area (Å²) in [6.45, 7) is 1.52.